The van der Waals surface area contributed by atoms with Crippen molar-refractivity contribution in [1.29, 1.82) is 0 Å². The quantitative estimate of drug-likeness (QED) is 0.0846. The van der Waals surface area contributed by atoms with E-state index in [0.29, 0.717) is 19.2 Å². The van der Waals surface area contributed by atoms with Gasteiger partial charge in [0.1, 0.15) is 28.9 Å². The van der Waals surface area contributed by atoms with E-state index in [2.05, 4.69) is 0 Å². The molecule has 2 atom stereocenters. The fraction of sp³-hybridized carbons (Fsp3) is 0.750. The molecule has 0 aromatic heterocycles. The normalized spacial score (nSPS) is 21.3. The molecule has 1 aromatic rings. The smallest absolute Gasteiger partial charge is 0.457 e. The predicted octanol–water partition coefficient (Wildman–Crippen LogP) is 8.10. The lowest BCUT2D eigenvalue weighted by molar-refractivity contribution is -0.158. The second-order valence-electron chi connectivity index (χ2n) is 18.3. The van der Waals surface area contributed by atoms with E-state index in [1.807, 2.05) is 58.0 Å². The first-order valence-corrected chi connectivity index (χ1v) is 19.0. The van der Waals surface area contributed by atoms with Crippen molar-refractivity contribution in [3.8, 4) is 0 Å². The molecule has 2 aliphatic heterocycles. The second kappa shape index (κ2) is 17.0. The van der Waals surface area contributed by atoms with Gasteiger partial charge in [0.15, 0.2) is 0 Å². The number of rotatable bonds is 13. The zero-order chi connectivity index (χ0) is 40.0. The highest BCUT2D eigenvalue weighted by atomic mass is 16.7. The predicted molar refractivity (Wildman–Crippen MR) is 203 cm³/mol. The molecule has 12 nitrogen and oxygen atoms in total. The molecule has 2 heterocycles. The number of ether oxygens (including phenoxy) is 4. The van der Waals surface area contributed by atoms with Crippen molar-refractivity contribution in [2.45, 2.75) is 181 Å². The van der Waals surface area contributed by atoms with Gasteiger partial charge in [0.05, 0.1) is 17.2 Å². The Balaban J connectivity index is 1.97. The van der Waals surface area contributed by atoms with Crippen LogP contribution in [0.1, 0.15) is 134 Å². The molecule has 0 bridgehead atoms. The highest BCUT2D eigenvalue weighted by Gasteiger charge is 2.57. The Labute approximate surface area is 318 Å². The van der Waals surface area contributed by atoms with Gasteiger partial charge in [0.2, 0.25) is 0 Å². The number of benzene rings is 1. The molecule has 2 amide bonds. The molecule has 0 unspecified atom stereocenters. The molecule has 1 aromatic carbocycles. The lowest BCUT2D eigenvalue weighted by Gasteiger charge is -2.37. The molecule has 2 saturated heterocycles. The molecule has 0 radical (unpaired) electrons. The van der Waals surface area contributed by atoms with Crippen LogP contribution in [0.25, 0.3) is 0 Å². The van der Waals surface area contributed by atoms with Crippen molar-refractivity contribution in [1.82, 2.24) is 9.80 Å². The van der Waals surface area contributed by atoms with Crippen LogP contribution in [0.5, 0.6) is 0 Å². The highest BCUT2D eigenvalue weighted by molar-refractivity contribution is 6.45. The first-order valence-electron chi connectivity index (χ1n) is 19.0. The van der Waals surface area contributed by atoms with E-state index in [1.165, 1.54) is 9.80 Å². The highest BCUT2D eigenvalue weighted by Crippen LogP contribution is 2.41. The van der Waals surface area contributed by atoms with Gasteiger partial charge in [-0.1, -0.05) is 43.2 Å². The van der Waals surface area contributed by atoms with Crippen LogP contribution in [0.2, 0.25) is 6.32 Å². The van der Waals surface area contributed by atoms with Gasteiger partial charge < -0.3 is 33.2 Å². The summed E-state index contributed by atoms with van der Waals surface area (Å²) in [5.74, 6) is -0.965. The van der Waals surface area contributed by atoms with Crippen molar-refractivity contribution in [2.24, 2.45) is 0 Å². The Hall–Kier alpha value is -3.32. The SMILES string of the molecule is CC(C)(C)OC(=O)CCCN(C(=O)OC(C)(C)C)[C@H]1CN(C(=O)OC(C)(C)C)[C@](CCCCB2OC(C)(C)C(C)(C)O2)(C(=O)OCc2ccccc2)C1. The van der Waals surface area contributed by atoms with E-state index < -0.39 is 64.9 Å². The van der Waals surface area contributed by atoms with Crippen LogP contribution in [0.4, 0.5) is 9.59 Å². The molecule has 298 valence electrons. The largest absolute Gasteiger partial charge is 0.460 e. The number of unbranched alkanes of at least 4 members (excludes halogenated alkanes) is 1. The van der Waals surface area contributed by atoms with Crippen LogP contribution in [0, 0.1) is 0 Å². The Bertz CT molecular complexity index is 1400. The summed E-state index contributed by atoms with van der Waals surface area (Å²) in [5.41, 5.74) is -3.94. The van der Waals surface area contributed by atoms with Gasteiger partial charge in [-0.3, -0.25) is 9.69 Å². The van der Waals surface area contributed by atoms with Crippen LogP contribution in [-0.2, 0) is 44.5 Å². The van der Waals surface area contributed by atoms with E-state index in [1.54, 1.807) is 62.3 Å². The maximum atomic E-state index is 14.5. The minimum absolute atomic E-state index is 0.00173. The maximum absolute atomic E-state index is 14.5. The number of carbonyl (C=O) groups is 4. The van der Waals surface area contributed by atoms with Crippen LogP contribution < -0.4 is 0 Å². The summed E-state index contributed by atoms with van der Waals surface area (Å²) in [7, 11) is -0.410. The van der Waals surface area contributed by atoms with Crippen LogP contribution in [0.3, 0.4) is 0 Å². The number of amides is 2. The van der Waals surface area contributed by atoms with Gasteiger partial charge in [-0.25, -0.2) is 14.4 Å². The molecule has 0 spiro atoms. The van der Waals surface area contributed by atoms with Crippen LogP contribution in [-0.4, -0.2) is 93.7 Å². The maximum Gasteiger partial charge on any atom is 0.457 e. The van der Waals surface area contributed by atoms with E-state index in [4.69, 9.17) is 28.3 Å². The summed E-state index contributed by atoms with van der Waals surface area (Å²) in [6.07, 6.45) is 1.17. The number of hydrogen-bond acceptors (Lipinski definition) is 10. The van der Waals surface area contributed by atoms with Crippen LogP contribution in [0.15, 0.2) is 30.3 Å². The molecule has 53 heavy (non-hydrogen) atoms. The van der Waals surface area contributed by atoms with E-state index in [-0.39, 0.29) is 51.3 Å². The molecule has 2 aliphatic rings. The number of nitrogens with zero attached hydrogens (tertiary/aromatic N) is 2. The number of carbonyl (C=O) groups excluding carboxylic acids is 4. The molecule has 0 aliphatic carbocycles. The molecule has 0 N–H and O–H groups in total. The van der Waals surface area contributed by atoms with Crippen LogP contribution >= 0.6 is 0 Å². The van der Waals surface area contributed by atoms with Crippen molar-refractivity contribution < 1.29 is 47.4 Å². The zero-order valence-electron chi connectivity index (χ0n) is 34.6. The van der Waals surface area contributed by atoms with Gasteiger partial charge in [-0.05, 0) is 115 Å². The zero-order valence-corrected chi connectivity index (χ0v) is 34.6. The third-order valence-electron chi connectivity index (χ3n) is 9.54. The number of likely N-dealkylation sites (tertiary alicyclic amines) is 1. The fourth-order valence-corrected chi connectivity index (χ4v) is 6.46. The van der Waals surface area contributed by atoms with Crippen molar-refractivity contribution in [2.75, 3.05) is 13.1 Å². The lowest BCUT2D eigenvalue weighted by Crippen LogP contribution is -2.55. The van der Waals surface area contributed by atoms with Gasteiger partial charge in [-0.2, -0.15) is 0 Å². The first kappa shape index (κ1) is 44.1. The Morgan fingerprint density at radius 3 is 1.92 bits per heavy atom. The first-order chi connectivity index (χ1) is 24.2. The third kappa shape index (κ3) is 12.9. The summed E-state index contributed by atoms with van der Waals surface area (Å²) in [6, 6.07) is 8.69. The Kier molecular flexibility index (Phi) is 14.1. The average molecular weight is 745 g/mol. The summed E-state index contributed by atoms with van der Waals surface area (Å²) in [4.78, 5) is 58.1. The molecule has 3 rings (SSSR count). The molecular weight excluding hydrogens is 679 g/mol. The Morgan fingerprint density at radius 2 is 1.38 bits per heavy atom. The molecule has 0 saturated carbocycles. The molecular formula is C40H65BN2O10. The van der Waals surface area contributed by atoms with Gasteiger partial charge in [0, 0.05) is 25.9 Å². The summed E-state index contributed by atoms with van der Waals surface area (Å²) in [6.45, 7) is 24.2. The van der Waals surface area contributed by atoms with E-state index >= 15 is 0 Å². The minimum atomic E-state index is -1.47. The standard InChI is InChI=1S/C40H65BN2O10/c1-35(2,3)49-31(44)22-19-25-42(33(46)50-36(4,5)6)30-26-40(43(27-30)34(47)51-37(7,8)9,32(45)48-28-29-20-15-14-16-21-29)23-17-18-24-41-52-38(10,11)39(12,13)53-41/h14-16,20-21,30H,17-19,22-28H2,1-13H3/t30-,40+/m1/s1. The summed E-state index contributed by atoms with van der Waals surface area (Å²) >= 11 is 0. The topological polar surface area (TPSA) is 130 Å². The van der Waals surface area contributed by atoms with Crippen molar-refractivity contribution in [3.63, 3.8) is 0 Å². The third-order valence-corrected chi connectivity index (χ3v) is 9.54. The number of hydrogen-bond donors (Lipinski definition) is 0. The molecule has 13 heteroatoms. The minimum Gasteiger partial charge on any atom is -0.460 e. The number of esters is 2. The summed E-state index contributed by atoms with van der Waals surface area (Å²) < 4.78 is 35.7. The van der Waals surface area contributed by atoms with Crippen molar-refractivity contribution >= 4 is 31.2 Å². The van der Waals surface area contributed by atoms with E-state index in [9.17, 15) is 19.2 Å². The second-order valence-corrected chi connectivity index (χ2v) is 18.3. The average Bonchev–Trinajstić information content (AvgIpc) is 3.47. The Morgan fingerprint density at radius 1 is 0.811 bits per heavy atom. The van der Waals surface area contributed by atoms with Gasteiger partial charge in [-0.15, -0.1) is 0 Å². The van der Waals surface area contributed by atoms with Gasteiger partial charge in [0.25, 0.3) is 0 Å². The summed E-state index contributed by atoms with van der Waals surface area (Å²) in [5, 5.41) is 0. The fourth-order valence-electron chi connectivity index (χ4n) is 6.46. The monoisotopic (exact) mass is 744 g/mol. The molecule has 2 fully saturated rings. The lowest BCUT2D eigenvalue weighted by atomic mass is 9.80. The van der Waals surface area contributed by atoms with Gasteiger partial charge >= 0.3 is 31.2 Å². The van der Waals surface area contributed by atoms with Crippen molar-refractivity contribution in [3.05, 3.63) is 35.9 Å². The van der Waals surface area contributed by atoms with E-state index in [0.717, 1.165) is 5.56 Å².